The summed E-state index contributed by atoms with van der Waals surface area (Å²) in [5.74, 6) is 1.02. The lowest BCUT2D eigenvalue weighted by atomic mass is 9.98. The largest absolute Gasteiger partial charge is 0.496 e. The molecule has 0 aliphatic rings. The first-order valence-electron chi connectivity index (χ1n) is 9.69. The van der Waals surface area contributed by atoms with Gasteiger partial charge in [-0.05, 0) is 46.7 Å². The van der Waals surface area contributed by atoms with Crippen LogP contribution in [0.2, 0.25) is 0 Å². The Labute approximate surface area is 167 Å². The van der Waals surface area contributed by atoms with Crippen LogP contribution in [0.15, 0.2) is 72.8 Å². The van der Waals surface area contributed by atoms with E-state index in [-0.39, 0.29) is 5.91 Å². The van der Waals surface area contributed by atoms with E-state index >= 15 is 0 Å². The van der Waals surface area contributed by atoms with Crippen molar-refractivity contribution in [1.29, 1.82) is 0 Å². The van der Waals surface area contributed by atoms with Crippen LogP contribution in [0, 0.1) is 0 Å². The molecule has 0 bridgehead atoms. The smallest absolute Gasteiger partial charge is 0.255 e. The number of ether oxygens (including phenoxy) is 1. The summed E-state index contributed by atoms with van der Waals surface area (Å²) in [6.45, 7) is 4.99. The number of carbonyl (C=O) groups is 1. The average Bonchev–Trinajstić information content (AvgIpc) is 2.74. The maximum atomic E-state index is 12.3. The molecule has 3 aromatic carbocycles. The Morgan fingerprint density at radius 2 is 1.50 bits per heavy atom. The van der Waals surface area contributed by atoms with Crippen molar-refractivity contribution in [2.45, 2.75) is 26.2 Å². The summed E-state index contributed by atoms with van der Waals surface area (Å²) in [5, 5.41) is 2.97. The predicted octanol–water partition coefficient (Wildman–Crippen LogP) is 5.46. The van der Waals surface area contributed by atoms with E-state index in [4.69, 9.17) is 4.74 Å². The quantitative estimate of drug-likeness (QED) is 0.597. The molecule has 0 aromatic heterocycles. The molecule has 0 unspecified atom stereocenters. The highest BCUT2D eigenvalue weighted by Crippen LogP contribution is 2.23. The standard InChI is InChI=1S/C25H27NO2/c1-18(2)20-12-14-22(15-13-20)21-10-8-19(9-11-21)16-17-26-25(27)23-6-4-5-7-24(23)28-3/h4-15,18H,16-17H2,1-3H3,(H,26,27). The molecule has 1 amide bonds. The summed E-state index contributed by atoms with van der Waals surface area (Å²) in [7, 11) is 1.57. The van der Waals surface area contributed by atoms with Gasteiger partial charge in [0, 0.05) is 6.54 Å². The van der Waals surface area contributed by atoms with Crippen LogP contribution < -0.4 is 10.1 Å². The van der Waals surface area contributed by atoms with Crippen molar-refractivity contribution in [2.24, 2.45) is 0 Å². The van der Waals surface area contributed by atoms with Crippen molar-refractivity contribution in [3.05, 3.63) is 89.5 Å². The van der Waals surface area contributed by atoms with E-state index in [9.17, 15) is 4.79 Å². The molecule has 0 aliphatic heterocycles. The van der Waals surface area contributed by atoms with Gasteiger partial charge in [-0.2, -0.15) is 0 Å². The monoisotopic (exact) mass is 373 g/mol. The minimum Gasteiger partial charge on any atom is -0.496 e. The molecule has 3 aromatic rings. The summed E-state index contributed by atoms with van der Waals surface area (Å²) in [5.41, 5.74) is 5.54. The van der Waals surface area contributed by atoms with Gasteiger partial charge in [0.05, 0.1) is 12.7 Å². The minimum absolute atomic E-state index is 0.112. The summed E-state index contributed by atoms with van der Waals surface area (Å²) >= 11 is 0. The molecule has 0 atom stereocenters. The zero-order chi connectivity index (χ0) is 19.9. The topological polar surface area (TPSA) is 38.3 Å². The normalized spacial score (nSPS) is 10.7. The number of rotatable bonds is 7. The van der Waals surface area contributed by atoms with Crippen molar-refractivity contribution in [3.8, 4) is 16.9 Å². The highest BCUT2D eigenvalue weighted by Gasteiger charge is 2.10. The fourth-order valence-electron chi connectivity index (χ4n) is 3.17. The number of carbonyl (C=O) groups excluding carboxylic acids is 1. The van der Waals surface area contributed by atoms with E-state index in [0.717, 1.165) is 6.42 Å². The number of hydrogen-bond acceptors (Lipinski definition) is 2. The van der Waals surface area contributed by atoms with Gasteiger partial charge >= 0.3 is 0 Å². The lowest BCUT2D eigenvalue weighted by Crippen LogP contribution is -2.26. The number of methoxy groups -OCH3 is 1. The van der Waals surface area contributed by atoms with Crippen molar-refractivity contribution in [1.82, 2.24) is 5.32 Å². The molecule has 0 spiro atoms. The molecule has 0 saturated heterocycles. The van der Waals surface area contributed by atoms with Gasteiger partial charge in [0.1, 0.15) is 5.75 Å². The molecule has 3 rings (SSSR count). The number of benzene rings is 3. The zero-order valence-electron chi connectivity index (χ0n) is 16.7. The Morgan fingerprint density at radius 1 is 0.893 bits per heavy atom. The Hall–Kier alpha value is -3.07. The van der Waals surface area contributed by atoms with Crippen LogP contribution >= 0.6 is 0 Å². The van der Waals surface area contributed by atoms with Gasteiger partial charge in [0.2, 0.25) is 0 Å². The zero-order valence-corrected chi connectivity index (χ0v) is 16.7. The first kappa shape index (κ1) is 19.7. The fraction of sp³-hybridized carbons (Fsp3) is 0.240. The van der Waals surface area contributed by atoms with E-state index in [2.05, 4.69) is 67.7 Å². The molecule has 0 saturated carbocycles. The second-order valence-corrected chi connectivity index (χ2v) is 7.18. The van der Waals surface area contributed by atoms with Crippen LogP contribution in [0.5, 0.6) is 5.75 Å². The van der Waals surface area contributed by atoms with Crippen molar-refractivity contribution in [2.75, 3.05) is 13.7 Å². The molecule has 0 fully saturated rings. The first-order valence-corrected chi connectivity index (χ1v) is 9.69. The van der Waals surface area contributed by atoms with Gasteiger partial charge in [0.25, 0.3) is 5.91 Å². The molecule has 0 radical (unpaired) electrons. The third kappa shape index (κ3) is 4.80. The van der Waals surface area contributed by atoms with Gasteiger partial charge in [-0.3, -0.25) is 4.79 Å². The molecule has 144 valence electrons. The SMILES string of the molecule is COc1ccccc1C(=O)NCCc1ccc(-c2ccc(C(C)C)cc2)cc1. The van der Waals surface area contributed by atoms with Gasteiger partial charge in [-0.15, -0.1) is 0 Å². The average molecular weight is 373 g/mol. The van der Waals surface area contributed by atoms with Gasteiger partial charge in [-0.25, -0.2) is 0 Å². The number of nitrogens with one attached hydrogen (secondary N) is 1. The molecule has 0 heterocycles. The van der Waals surface area contributed by atoms with Crippen LogP contribution in [-0.2, 0) is 6.42 Å². The highest BCUT2D eigenvalue weighted by molar-refractivity contribution is 5.96. The van der Waals surface area contributed by atoms with Crippen LogP contribution in [0.1, 0.15) is 41.3 Å². The molecule has 3 heteroatoms. The second kappa shape index (κ2) is 9.23. The van der Waals surface area contributed by atoms with Crippen molar-refractivity contribution < 1.29 is 9.53 Å². The maximum Gasteiger partial charge on any atom is 0.255 e. The molecular formula is C25H27NO2. The van der Waals surface area contributed by atoms with E-state index in [1.54, 1.807) is 19.2 Å². The first-order chi connectivity index (χ1) is 13.6. The minimum atomic E-state index is -0.112. The van der Waals surface area contributed by atoms with Crippen LogP contribution in [0.3, 0.4) is 0 Å². The molecule has 3 nitrogen and oxygen atoms in total. The summed E-state index contributed by atoms with van der Waals surface area (Å²) in [6, 6.07) is 24.5. The maximum absolute atomic E-state index is 12.3. The van der Waals surface area contributed by atoms with Gasteiger partial charge in [0.15, 0.2) is 0 Å². The van der Waals surface area contributed by atoms with Crippen LogP contribution in [0.25, 0.3) is 11.1 Å². The predicted molar refractivity (Wildman–Crippen MR) is 115 cm³/mol. The van der Waals surface area contributed by atoms with Crippen molar-refractivity contribution in [3.63, 3.8) is 0 Å². The van der Waals surface area contributed by atoms with Gasteiger partial charge in [-0.1, -0.05) is 74.5 Å². The number of hydrogen-bond donors (Lipinski definition) is 1. The number of amides is 1. The van der Waals surface area contributed by atoms with E-state index in [0.29, 0.717) is 23.8 Å². The third-order valence-corrected chi connectivity index (χ3v) is 4.92. The summed E-state index contributed by atoms with van der Waals surface area (Å²) in [4.78, 5) is 12.3. The lowest BCUT2D eigenvalue weighted by molar-refractivity contribution is 0.0951. The Morgan fingerprint density at radius 3 is 2.11 bits per heavy atom. The van der Waals surface area contributed by atoms with E-state index in [1.165, 1.54) is 22.3 Å². The third-order valence-electron chi connectivity index (χ3n) is 4.92. The second-order valence-electron chi connectivity index (χ2n) is 7.18. The lowest BCUT2D eigenvalue weighted by Gasteiger charge is -2.10. The fourth-order valence-corrected chi connectivity index (χ4v) is 3.17. The van der Waals surface area contributed by atoms with E-state index < -0.39 is 0 Å². The van der Waals surface area contributed by atoms with Gasteiger partial charge < -0.3 is 10.1 Å². The molecule has 28 heavy (non-hydrogen) atoms. The Balaban J connectivity index is 1.56. The Bertz CT molecular complexity index is 912. The Kier molecular flexibility index (Phi) is 6.49. The molecule has 1 N–H and O–H groups in total. The van der Waals surface area contributed by atoms with E-state index in [1.807, 2.05) is 12.1 Å². The summed E-state index contributed by atoms with van der Waals surface area (Å²) < 4.78 is 5.25. The van der Waals surface area contributed by atoms with Crippen molar-refractivity contribution >= 4 is 5.91 Å². The summed E-state index contributed by atoms with van der Waals surface area (Å²) in [6.07, 6.45) is 0.785. The van der Waals surface area contributed by atoms with Crippen LogP contribution in [0.4, 0.5) is 0 Å². The van der Waals surface area contributed by atoms with Crippen LogP contribution in [-0.4, -0.2) is 19.6 Å². The molecule has 0 aliphatic carbocycles. The highest BCUT2D eigenvalue weighted by atomic mass is 16.5. The number of para-hydroxylation sites is 1. The molecular weight excluding hydrogens is 346 g/mol.